The van der Waals surface area contributed by atoms with Crippen LogP contribution in [0, 0.1) is 0 Å². The number of aliphatic carboxylic acids is 1. The van der Waals surface area contributed by atoms with Crippen LogP contribution in [0.25, 0.3) is 0 Å². The van der Waals surface area contributed by atoms with Crippen molar-refractivity contribution in [1.82, 2.24) is 0 Å². The maximum Gasteiger partial charge on any atom is 0.318 e. The largest absolute Gasteiger partial charge is 0.480 e. The summed E-state index contributed by atoms with van der Waals surface area (Å²) in [6, 6.07) is 0. The second-order valence-corrected chi connectivity index (χ2v) is 2.71. The van der Waals surface area contributed by atoms with E-state index in [9.17, 15) is 4.79 Å². The van der Waals surface area contributed by atoms with Crippen molar-refractivity contribution in [1.29, 1.82) is 0 Å². The van der Waals surface area contributed by atoms with Gasteiger partial charge in [-0.3, -0.25) is 4.79 Å². The van der Waals surface area contributed by atoms with Gasteiger partial charge in [0.15, 0.2) is 0 Å². The summed E-state index contributed by atoms with van der Waals surface area (Å²) in [5.74, 6) is -0.836. The number of hydrogen-bond acceptors (Lipinski definition) is 1. The molecule has 0 aliphatic carbocycles. The van der Waals surface area contributed by atoms with Gasteiger partial charge in [-0.25, -0.2) is 0 Å². The molecule has 0 saturated heterocycles. The van der Waals surface area contributed by atoms with Crippen molar-refractivity contribution >= 4 is 37.8 Å². The molecular formula is C3H4AgBr2O2. The van der Waals surface area contributed by atoms with Crippen LogP contribution in [-0.4, -0.2) is 21.2 Å². The van der Waals surface area contributed by atoms with E-state index < -0.39 is 10.8 Å². The van der Waals surface area contributed by atoms with Crippen LogP contribution in [0.1, 0.15) is 0 Å². The molecule has 5 heteroatoms. The third-order valence-corrected chi connectivity index (χ3v) is 2.64. The Kier molecular flexibility index (Phi) is 9.37. The fraction of sp³-hybridized carbons (Fsp3) is 0.667. The van der Waals surface area contributed by atoms with E-state index >= 15 is 0 Å². The number of carboxylic acids is 1. The molecule has 0 rings (SSSR count). The summed E-state index contributed by atoms with van der Waals surface area (Å²) in [5.41, 5.74) is 0. The Morgan fingerprint density at radius 3 is 2.12 bits per heavy atom. The zero-order valence-electron chi connectivity index (χ0n) is 3.70. The standard InChI is InChI=1S/C3H4Br2O2.Ag/c4-1-2(5)3(6)7;/h2H,1H2,(H,6,7);. The van der Waals surface area contributed by atoms with Crippen molar-refractivity contribution in [3.05, 3.63) is 0 Å². The molecule has 0 heterocycles. The van der Waals surface area contributed by atoms with Gasteiger partial charge in [0.25, 0.3) is 0 Å². The molecule has 1 radical (unpaired) electrons. The van der Waals surface area contributed by atoms with Crippen LogP contribution in [-0.2, 0) is 27.2 Å². The summed E-state index contributed by atoms with van der Waals surface area (Å²) in [5, 5.41) is 8.55. The van der Waals surface area contributed by atoms with Crippen LogP contribution >= 0.6 is 31.9 Å². The molecule has 1 unspecified atom stereocenters. The molecule has 2 nitrogen and oxygen atoms in total. The average Bonchev–Trinajstić information content (AvgIpc) is 1.65. The normalized spacial score (nSPS) is 11.8. The minimum absolute atomic E-state index is 0. The smallest absolute Gasteiger partial charge is 0.318 e. The predicted molar refractivity (Wildman–Crippen MR) is 34.1 cm³/mol. The van der Waals surface area contributed by atoms with Gasteiger partial charge < -0.3 is 5.11 Å². The number of alkyl halides is 2. The molecule has 0 fully saturated rings. The summed E-state index contributed by atoms with van der Waals surface area (Å²) in [6.45, 7) is 0. The minimum Gasteiger partial charge on any atom is -0.480 e. The molecule has 0 aromatic rings. The van der Waals surface area contributed by atoms with Gasteiger partial charge >= 0.3 is 5.97 Å². The number of halogens is 2. The van der Waals surface area contributed by atoms with Crippen molar-refractivity contribution in [3.8, 4) is 0 Å². The molecular weight excluding hydrogens is 336 g/mol. The Bertz CT molecular complexity index is 77.7. The maximum atomic E-state index is 9.85. The number of carboxylic acid groups (broad SMARTS) is 1. The van der Waals surface area contributed by atoms with E-state index in [4.69, 9.17) is 5.11 Å². The first-order valence-electron chi connectivity index (χ1n) is 1.61. The van der Waals surface area contributed by atoms with Gasteiger partial charge in [-0.15, -0.1) is 0 Å². The molecule has 0 bridgehead atoms. The van der Waals surface area contributed by atoms with Crippen LogP contribution in [0.2, 0.25) is 0 Å². The summed E-state index contributed by atoms with van der Waals surface area (Å²) < 4.78 is 0. The third-order valence-electron chi connectivity index (χ3n) is 0.403. The van der Waals surface area contributed by atoms with E-state index in [1.54, 1.807) is 0 Å². The molecule has 53 valence electrons. The maximum absolute atomic E-state index is 9.85. The van der Waals surface area contributed by atoms with Gasteiger partial charge in [0, 0.05) is 27.7 Å². The van der Waals surface area contributed by atoms with Gasteiger partial charge in [-0.2, -0.15) is 0 Å². The van der Waals surface area contributed by atoms with E-state index in [1.807, 2.05) is 0 Å². The molecule has 0 aliphatic heterocycles. The van der Waals surface area contributed by atoms with E-state index in [0.29, 0.717) is 5.33 Å². The number of hydrogen-bond donors (Lipinski definition) is 1. The molecule has 0 saturated carbocycles. The van der Waals surface area contributed by atoms with Gasteiger partial charge in [-0.05, 0) is 0 Å². The van der Waals surface area contributed by atoms with Crippen LogP contribution in [0.3, 0.4) is 0 Å². The molecule has 1 atom stereocenters. The Morgan fingerprint density at radius 1 is 1.75 bits per heavy atom. The molecule has 0 aromatic heterocycles. The van der Waals surface area contributed by atoms with E-state index in [1.165, 1.54) is 0 Å². The Labute approximate surface area is 79.8 Å². The van der Waals surface area contributed by atoms with Gasteiger partial charge in [0.1, 0.15) is 4.83 Å². The predicted octanol–water partition coefficient (Wildman–Crippen LogP) is 1.23. The van der Waals surface area contributed by atoms with E-state index in [-0.39, 0.29) is 22.4 Å². The first kappa shape index (κ1) is 11.9. The van der Waals surface area contributed by atoms with E-state index in [2.05, 4.69) is 31.9 Å². The molecule has 8 heavy (non-hydrogen) atoms. The monoisotopic (exact) mass is 337 g/mol. The van der Waals surface area contributed by atoms with Crippen molar-refractivity contribution < 1.29 is 32.3 Å². The summed E-state index contributed by atoms with van der Waals surface area (Å²) in [4.78, 5) is 9.40. The first-order chi connectivity index (χ1) is 3.18. The van der Waals surface area contributed by atoms with Crippen molar-refractivity contribution in [2.24, 2.45) is 0 Å². The summed E-state index contributed by atoms with van der Waals surface area (Å²) in [7, 11) is 0. The molecule has 0 aliphatic rings. The van der Waals surface area contributed by atoms with E-state index in [0.717, 1.165) is 0 Å². The molecule has 0 amide bonds. The molecule has 0 spiro atoms. The Balaban J connectivity index is 0. The summed E-state index contributed by atoms with van der Waals surface area (Å²) >= 11 is 5.88. The summed E-state index contributed by atoms with van der Waals surface area (Å²) in [6.07, 6.45) is 0. The van der Waals surface area contributed by atoms with Crippen molar-refractivity contribution in [3.63, 3.8) is 0 Å². The van der Waals surface area contributed by atoms with Crippen LogP contribution in [0.5, 0.6) is 0 Å². The SMILES string of the molecule is O=C(O)C(Br)CBr.[Ag]. The van der Waals surface area contributed by atoms with Gasteiger partial charge in [-0.1, -0.05) is 31.9 Å². The third kappa shape index (κ3) is 5.31. The zero-order valence-corrected chi connectivity index (χ0v) is 8.35. The molecule has 0 aromatic carbocycles. The molecule has 1 N–H and O–H groups in total. The second kappa shape index (κ2) is 6.29. The fourth-order valence-electron chi connectivity index (χ4n) is 0.0660. The quantitative estimate of drug-likeness (QED) is 0.607. The second-order valence-electron chi connectivity index (χ2n) is 0.960. The zero-order chi connectivity index (χ0) is 5.86. The Hall–Kier alpha value is 1.17. The van der Waals surface area contributed by atoms with Crippen LogP contribution in [0.4, 0.5) is 0 Å². The van der Waals surface area contributed by atoms with Crippen molar-refractivity contribution in [2.75, 3.05) is 5.33 Å². The van der Waals surface area contributed by atoms with Crippen LogP contribution < -0.4 is 0 Å². The average molecular weight is 340 g/mol. The number of rotatable bonds is 2. The fourth-order valence-corrected chi connectivity index (χ4v) is 0.343. The Morgan fingerprint density at radius 2 is 2.12 bits per heavy atom. The minimum atomic E-state index is -0.836. The topological polar surface area (TPSA) is 37.3 Å². The van der Waals surface area contributed by atoms with Gasteiger partial charge in [0.05, 0.1) is 0 Å². The number of carbonyl (C=O) groups is 1. The first-order valence-corrected chi connectivity index (χ1v) is 3.65. The van der Waals surface area contributed by atoms with Crippen LogP contribution in [0.15, 0.2) is 0 Å². The van der Waals surface area contributed by atoms with Crippen molar-refractivity contribution in [2.45, 2.75) is 4.83 Å². The van der Waals surface area contributed by atoms with Gasteiger partial charge in [0.2, 0.25) is 0 Å².